The number of thiophene rings is 2. The van der Waals surface area contributed by atoms with Crippen molar-refractivity contribution in [2.24, 2.45) is 4.99 Å². The first kappa shape index (κ1) is 23.9. The zero-order chi connectivity index (χ0) is 27.8. The van der Waals surface area contributed by atoms with E-state index in [0.717, 1.165) is 33.1 Å². The Balaban J connectivity index is 1.43. The highest BCUT2D eigenvalue weighted by atomic mass is 32.1. The van der Waals surface area contributed by atoms with Crippen LogP contribution >= 0.6 is 22.7 Å². The van der Waals surface area contributed by atoms with Crippen molar-refractivity contribution < 1.29 is 4.42 Å². The van der Waals surface area contributed by atoms with Gasteiger partial charge in [-0.05, 0) is 53.7 Å². The van der Waals surface area contributed by atoms with Crippen LogP contribution in [0.2, 0.25) is 0 Å². The normalized spacial score (nSPS) is 12.0. The molecule has 0 aliphatic rings. The molecule has 2 nitrogen and oxygen atoms in total. The molecule has 0 aliphatic heterocycles. The Kier molecular flexibility index (Phi) is 5.19. The van der Waals surface area contributed by atoms with Crippen LogP contribution in [-0.4, -0.2) is 6.72 Å². The number of hydrogen-bond acceptors (Lipinski definition) is 4. The van der Waals surface area contributed by atoms with Crippen molar-refractivity contribution in [3.63, 3.8) is 0 Å². The monoisotopic (exact) mass is 573 g/mol. The van der Waals surface area contributed by atoms with Gasteiger partial charge in [-0.25, -0.2) is 0 Å². The summed E-state index contributed by atoms with van der Waals surface area (Å²) < 4.78 is 11.9. The maximum Gasteiger partial charge on any atom is 0.143 e. The number of furan rings is 1. The first-order valence-electron chi connectivity index (χ1n) is 14.0. The predicted octanol–water partition coefficient (Wildman–Crippen LogP) is 11.9. The molecule has 3 aromatic heterocycles. The van der Waals surface area contributed by atoms with Crippen LogP contribution in [0.4, 0.5) is 0 Å². The molecule has 0 bridgehead atoms. The van der Waals surface area contributed by atoms with Crippen LogP contribution in [0.25, 0.3) is 84.5 Å². The molecule has 0 aliphatic carbocycles. The number of nitrogens with zero attached hydrogens (tertiary/aromatic N) is 1. The molecule has 0 saturated carbocycles. The summed E-state index contributed by atoms with van der Waals surface area (Å²) in [6.07, 6.45) is 0. The van der Waals surface area contributed by atoms with Gasteiger partial charge in [0, 0.05) is 62.2 Å². The number of hydrogen-bond donors (Lipinski definition) is 0. The Morgan fingerprint density at radius 1 is 0.571 bits per heavy atom. The Labute approximate surface area is 249 Å². The molecule has 0 N–H and O–H groups in total. The van der Waals surface area contributed by atoms with Crippen molar-refractivity contribution in [3.8, 4) is 22.3 Å². The molecule has 0 unspecified atom stereocenters. The van der Waals surface area contributed by atoms with Crippen LogP contribution in [0.3, 0.4) is 0 Å². The van der Waals surface area contributed by atoms with E-state index in [1.165, 1.54) is 57.0 Å². The molecule has 198 valence electrons. The van der Waals surface area contributed by atoms with Gasteiger partial charge in [0.05, 0.1) is 6.54 Å². The lowest BCUT2D eigenvalue weighted by Gasteiger charge is -2.10. The molecule has 0 saturated heterocycles. The SMILES string of the molecule is C=NCc1cccc2oc3c(-c4cccc5c4sc4ccccc45)cc(-c4cccc5c4sc4ccccc45)cc3c12. The van der Waals surface area contributed by atoms with Crippen LogP contribution in [0.15, 0.2) is 125 Å². The van der Waals surface area contributed by atoms with E-state index in [1.807, 2.05) is 22.7 Å². The van der Waals surface area contributed by atoms with Gasteiger partial charge in [0.15, 0.2) is 0 Å². The average Bonchev–Trinajstić information content (AvgIpc) is 3.72. The third-order valence-corrected chi connectivity index (χ3v) is 10.8. The molecule has 0 amide bonds. The van der Waals surface area contributed by atoms with E-state index in [-0.39, 0.29) is 0 Å². The van der Waals surface area contributed by atoms with Crippen molar-refractivity contribution in [2.75, 3.05) is 0 Å². The van der Waals surface area contributed by atoms with E-state index < -0.39 is 0 Å². The summed E-state index contributed by atoms with van der Waals surface area (Å²) >= 11 is 3.72. The summed E-state index contributed by atoms with van der Waals surface area (Å²) in [5, 5.41) is 7.43. The Bertz CT molecular complexity index is 2530. The molecule has 0 atom stereocenters. The van der Waals surface area contributed by atoms with Crippen LogP contribution < -0.4 is 0 Å². The van der Waals surface area contributed by atoms with Crippen LogP contribution in [0.5, 0.6) is 0 Å². The summed E-state index contributed by atoms with van der Waals surface area (Å²) in [7, 11) is 0. The van der Waals surface area contributed by atoms with Gasteiger partial charge < -0.3 is 4.42 Å². The minimum Gasteiger partial charge on any atom is -0.455 e. The Morgan fingerprint density at radius 3 is 1.90 bits per heavy atom. The molecule has 4 heteroatoms. The third-order valence-electron chi connectivity index (χ3n) is 8.37. The predicted molar refractivity (Wildman–Crippen MR) is 184 cm³/mol. The third kappa shape index (κ3) is 3.40. The van der Waals surface area contributed by atoms with Gasteiger partial charge in [-0.3, -0.25) is 4.99 Å². The van der Waals surface area contributed by atoms with Crippen molar-refractivity contribution >= 4 is 91.7 Å². The Morgan fingerprint density at radius 2 is 1.19 bits per heavy atom. The fourth-order valence-electron chi connectivity index (χ4n) is 6.54. The highest BCUT2D eigenvalue weighted by molar-refractivity contribution is 7.26. The van der Waals surface area contributed by atoms with E-state index in [9.17, 15) is 0 Å². The number of benzene rings is 6. The maximum atomic E-state index is 6.72. The minimum absolute atomic E-state index is 0.545. The van der Waals surface area contributed by atoms with E-state index in [2.05, 4.69) is 127 Å². The molecular formula is C38H23NOS2. The zero-order valence-electron chi connectivity index (χ0n) is 22.6. The average molecular weight is 574 g/mol. The van der Waals surface area contributed by atoms with E-state index in [1.54, 1.807) is 0 Å². The molecule has 42 heavy (non-hydrogen) atoms. The second kappa shape index (κ2) is 9.12. The smallest absolute Gasteiger partial charge is 0.143 e. The molecule has 9 aromatic rings. The topological polar surface area (TPSA) is 25.5 Å². The van der Waals surface area contributed by atoms with Gasteiger partial charge in [0.2, 0.25) is 0 Å². The summed E-state index contributed by atoms with van der Waals surface area (Å²) in [6, 6.07) is 41.7. The second-order valence-electron chi connectivity index (χ2n) is 10.7. The lowest BCUT2D eigenvalue weighted by atomic mass is 9.93. The van der Waals surface area contributed by atoms with Gasteiger partial charge in [0.25, 0.3) is 0 Å². The van der Waals surface area contributed by atoms with E-state index >= 15 is 0 Å². The molecular weight excluding hydrogens is 551 g/mol. The standard InChI is InChI=1S/C38H23NOS2/c1-39-21-22-9-6-16-32-35(22)31-20-23(24-12-7-13-27-25-10-2-4-17-33(25)41-37(24)27)19-30(36(31)40-32)29-15-8-14-28-26-11-3-5-18-34(26)42-38(28)29/h2-20H,1,21H2. The molecule has 6 aromatic carbocycles. The van der Waals surface area contributed by atoms with E-state index in [4.69, 9.17) is 4.42 Å². The highest BCUT2D eigenvalue weighted by Crippen LogP contribution is 2.47. The van der Waals surface area contributed by atoms with Crippen molar-refractivity contribution in [1.29, 1.82) is 0 Å². The van der Waals surface area contributed by atoms with Crippen LogP contribution in [0, 0.1) is 0 Å². The van der Waals surface area contributed by atoms with Crippen molar-refractivity contribution in [1.82, 2.24) is 0 Å². The fourth-order valence-corrected chi connectivity index (χ4v) is 9.01. The summed E-state index contributed by atoms with van der Waals surface area (Å²) in [5.41, 5.74) is 7.68. The van der Waals surface area contributed by atoms with Gasteiger partial charge in [-0.15, -0.1) is 22.7 Å². The van der Waals surface area contributed by atoms with Gasteiger partial charge in [0.1, 0.15) is 11.2 Å². The molecule has 9 rings (SSSR count). The summed E-state index contributed by atoms with van der Waals surface area (Å²) in [5.74, 6) is 0. The van der Waals surface area contributed by atoms with Crippen molar-refractivity contribution in [3.05, 3.63) is 121 Å². The maximum absolute atomic E-state index is 6.72. The van der Waals surface area contributed by atoms with Crippen molar-refractivity contribution in [2.45, 2.75) is 6.54 Å². The minimum atomic E-state index is 0.545. The number of rotatable bonds is 4. The molecule has 3 heterocycles. The molecule has 0 radical (unpaired) electrons. The number of aliphatic imine (C=N–C) groups is 1. The molecule has 0 fully saturated rings. The first-order valence-corrected chi connectivity index (χ1v) is 15.6. The van der Waals surface area contributed by atoms with Crippen LogP contribution in [0.1, 0.15) is 5.56 Å². The van der Waals surface area contributed by atoms with Gasteiger partial charge in [-0.1, -0.05) is 84.9 Å². The second-order valence-corrected chi connectivity index (χ2v) is 12.8. The van der Waals surface area contributed by atoms with Gasteiger partial charge in [-0.2, -0.15) is 0 Å². The van der Waals surface area contributed by atoms with Crippen LogP contribution in [-0.2, 0) is 6.54 Å². The largest absolute Gasteiger partial charge is 0.455 e. The summed E-state index contributed by atoms with van der Waals surface area (Å²) in [4.78, 5) is 4.25. The summed E-state index contributed by atoms with van der Waals surface area (Å²) in [6.45, 7) is 4.33. The Hall–Kier alpha value is -4.77. The lowest BCUT2D eigenvalue weighted by Crippen LogP contribution is -1.86. The quantitative estimate of drug-likeness (QED) is 0.192. The van der Waals surface area contributed by atoms with Gasteiger partial charge >= 0.3 is 0 Å². The lowest BCUT2D eigenvalue weighted by molar-refractivity contribution is 0.670. The fraction of sp³-hybridized carbons (Fsp3) is 0.0263. The molecule has 0 spiro atoms. The zero-order valence-corrected chi connectivity index (χ0v) is 24.2. The van der Waals surface area contributed by atoms with E-state index in [0.29, 0.717) is 6.54 Å². The highest BCUT2D eigenvalue weighted by Gasteiger charge is 2.21. The number of fused-ring (bicyclic) bond motifs is 9. The first-order chi connectivity index (χ1) is 20.8.